The summed E-state index contributed by atoms with van der Waals surface area (Å²) in [7, 11) is 0. The van der Waals surface area contributed by atoms with Gasteiger partial charge in [0.05, 0.1) is 5.69 Å². The first kappa shape index (κ1) is 14.8. The van der Waals surface area contributed by atoms with Crippen LogP contribution in [0.3, 0.4) is 0 Å². The van der Waals surface area contributed by atoms with Gasteiger partial charge in [0.1, 0.15) is 0 Å². The average Bonchev–Trinajstić information content (AvgIpc) is 2.43. The quantitative estimate of drug-likeness (QED) is 0.599. The second-order valence-corrected chi connectivity index (χ2v) is 5.60. The number of anilines is 1. The number of benzene rings is 2. The van der Waals surface area contributed by atoms with Crippen molar-refractivity contribution < 1.29 is 4.79 Å². The molecule has 0 spiro atoms. The predicted octanol–water partition coefficient (Wildman–Crippen LogP) is 5.30. The van der Waals surface area contributed by atoms with E-state index >= 15 is 0 Å². The van der Waals surface area contributed by atoms with E-state index in [1.165, 1.54) is 0 Å². The van der Waals surface area contributed by atoms with Crippen molar-refractivity contribution in [2.75, 3.05) is 5.32 Å². The van der Waals surface area contributed by atoms with Crippen molar-refractivity contribution >= 4 is 39.0 Å². The molecule has 0 saturated carbocycles. The highest BCUT2D eigenvalue weighted by Crippen LogP contribution is 2.26. The number of hydrogen-bond donors (Lipinski definition) is 1. The SMILES string of the molecule is C/C(=C\C(=O)c1ccccc1)Nc1ccc(Cl)cc1Br. The summed E-state index contributed by atoms with van der Waals surface area (Å²) in [5.41, 5.74) is 2.30. The maximum absolute atomic E-state index is 12.0. The van der Waals surface area contributed by atoms with E-state index in [-0.39, 0.29) is 5.78 Å². The predicted molar refractivity (Wildman–Crippen MR) is 87.3 cm³/mol. The molecule has 0 radical (unpaired) electrons. The second kappa shape index (κ2) is 6.73. The third-order valence-electron chi connectivity index (χ3n) is 2.67. The summed E-state index contributed by atoms with van der Waals surface area (Å²) in [6, 6.07) is 14.6. The minimum Gasteiger partial charge on any atom is -0.358 e. The Hall–Kier alpha value is -1.58. The highest BCUT2D eigenvalue weighted by Gasteiger charge is 2.04. The summed E-state index contributed by atoms with van der Waals surface area (Å²) in [5.74, 6) is -0.0271. The second-order valence-electron chi connectivity index (χ2n) is 4.31. The van der Waals surface area contributed by atoms with Crippen LogP contribution >= 0.6 is 27.5 Å². The zero-order valence-electron chi connectivity index (χ0n) is 10.9. The number of nitrogens with one attached hydrogen (secondary N) is 1. The molecular weight excluding hydrogens is 338 g/mol. The first-order valence-electron chi connectivity index (χ1n) is 6.06. The normalized spacial score (nSPS) is 11.2. The van der Waals surface area contributed by atoms with Crippen molar-refractivity contribution in [3.63, 3.8) is 0 Å². The number of halogens is 2. The van der Waals surface area contributed by atoms with E-state index in [0.717, 1.165) is 15.9 Å². The Morgan fingerprint density at radius 3 is 2.55 bits per heavy atom. The van der Waals surface area contributed by atoms with Crippen molar-refractivity contribution in [1.82, 2.24) is 0 Å². The van der Waals surface area contributed by atoms with Crippen LogP contribution in [0.25, 0.3) is 0 Å². The lowest BCUT2D eigenvalue weighted by Gasteiger charge is -2.09. The van der Waals surface area contributed by atoms with E-state index in [2.05, 4.69) is 21.2 Å². The van der Waals surface area contributed by atoms with Crippen LogP contribution in [-0.4, -0.2) is 5.78 Å². The molecule has 0 aliphatic rings. The number of carbonyl (C=O) groups is 1. The van der Waals surface area contributed by atoms with Gasteiger partial charge in [-0.1, -0.05) is 41.9 Å². The minimum atomic E-state index is -0.0271. The van der Waals surface area contributed by atoms with Gasteiger partial charge in [0.25, 0.3) is 0 Å². The summed E-state index contributed by atoms with van der Waals surface area (Å²) in [6.45, 7) is 1.85. The van der Waals surface area contributed by atoms with Gasteiger partial charge in [0, 0.05) is 26.8 Å². The molecule has 0 unspecified atom stereocenters. The van der Waals surface area contributed by atoms with Crippen LogP contribution in [0.5, 0.6) is 0 Å². The van der Waals surface area contributed by atoms with Crippen molar-refractivity contribution in [3.8, 4) is 0 Å². The molecule has 0 aliphatic carbocycles. The van der Waals surface area contributed by atoms with Crippen LogP contribution in [-0.2, 0) is 0 Å². The molecule has 0 fully saturated rings. The van der Waals surface area contributed by atoms with Crippen molar-refractivity contribution in [3.05, 3.63) is 75.4 Å². The smallest absolute Gasteiger partial charge is 0.187 e. The standard InChI is InChI=1S/C16H13BrClNO/c1-11(9-16(20)12-5-3-2-4-6-12)19-15-8-7-13(18)10-14(15)17/h2-10,19H,1H3/b11-9+. The maximum Gasteiger partial charge on any atom is 0.187 e. The summed E-state index contributed by atoms with van der Waals surface area (Å²) in [5, 5.41) is 3.83. The number of ketones is 1. The van der Waals surface area contributed by atoms with Crippen LogP contribution in [0.2, 0.25) is 5.02 Å². The van der Waals surface area contributed by atoms with E-state index in [4.69, 9.17) is 11.6 Å². The number of carbonyl (C=O) groups excluding carboxylic acids is 1. The van der Waals surface area contributed by atoms with Gasteiger partial charge in [-0.05, 0) is 41.1 Å². The van der Waals surface area contributed by atoms with Gasteiger partial charge in [0.15, 0.2) is 5.78 Å². The lowest BCUT2D eigenvalue weighted by molar-refractivity contribution is 0.104. The lowest BCUT2D eigenvalue weighted by atomic mass is 10.1. The number of rotatable bonds is 4. The van der Waals surface area contributed by atoms with Gasteiger partial charge in [0.2, 0.25) is 0 Å². The van der Waals surface area contributed by atoms with Crippen LogP contribution < -0.4 is 5.32 Å². The molecule has 0 atom stereocenters. The highest BCUT2D eigenvalue weighted by molar-refractivity contribution is 9.10. The molecule has 102 valence electrons. The Kier molecular flexibility index (Phi) is 4.99. The molecule has 1 N–H and O–H groups in total. The summed E-state index contributed by atoms with van der Waals surface area (Å²) in [6.07, 6.45) is 1.58. The monoisotopic (exact) mass is 349 g/mol. The van der Waals surface area contributed by atoms with Crippen LogP contribution in [0, 0.1) is 0 Å². The van der Waals surface area contributed by atoms with Crippen molar-refractivity contribution in [2.24, 2.45) is 0 Å². The largest absolute Gasteiger partial charge is 0.358 e. The molecule has 0 aliphatic heterocycles. The molecule has 0 heterocycles. The molecule has 20 heavy (non-hydrogen) atoms. The van der Waals surface area contributed by atoms with Crippen molar-refractivity contribution in [2.45, 2.75) is 6.92 Å². The van der Waals surface area contributed by atoms with Crippen LogP contribution in [0.1, 0.15) is 17.3 Å². The fourth-order valence-electron chi connectivity index (χ4n) is 1.72. The highest BCUT2D eigenvalue weighted by atomic mass is 79.9. The number of allylic oxidation sites excluding steroid dienone is 2. The Balaban J connectivity index is 2.13. The fourth-order valence-corrected chi connectivity index (χ4v) is 2.50. The summed E-state index contributed by atoms with van der Waals surface area (Å²) in [4.78, 5) is 12.0. The summed E-state index contributed by atoms with van der Waals surface area (Å²) >= 11 is 9.32. The molecular formula is C16H13BrClNO. The molecule has 0 bridgehead atoms. The molecule has 0 aromatic heterocycles. The zero-order valence-corrected chi connectivity index (χ0v) is 13.2. The molecule has 2 nitrogen and oxygen atoms in total. The molecule has 0 saturated heterocycles. The van der Waals surface area contributed by atoms with E-state index in [1.54, 1.807) is 30.3 Å². The van der Waals surface area contributed by atoms with Crippen molar-refractivity contribution in [1.29, 1.82) is 0 Å². The van der Waals surface area contributed by atoms with E-state index < -0.39 is 0 Å². The molecule has 2 aromatic carbocycles. The molecule has 2 rings (SSSR count). The van der Waals surface area contributed by atoms with Gasteiger partial charge < -0.3 is 5.32 Å². The first-order valence-corrected chi connectivity index (χ1v) is 7.23. The first-order chi connectivity index (χ1) is 9.56. The Morgan fingerprint density at radius 1 is 1.20 bits per heavy atom. The maximum atomic E-state index is 12.0. The van der Waals surface area contributed by atoms with Gasteiger partial charge in [-0.2, -0.15) is 0 Å². The topological polar surface area (TPSA) is 29.1 Å². The minimum absolute atomic E-state index is 0.0271. The molecule has 0 amide bonds. The van der Waals surface area contributed by atoms with Crippen LogP contribution in [0.15, 0.2) is 64.8 Å². The molecule has 2 aromatic rings. The molecule has 4 heteroatoms. The Labute approximate surface area is 131 Å². The Bertz CT molecular complexity index is 653. The third-order valence-corrected chi connectivity index (χ3v) is 3.56. The average molecular weight is 351 g/mol. The van der Waals surface area contributed by atoms with E-state index in [1.807, 2.05) is 31.2 Å². The Morgan fingerprint density at radius 2 is 1.90 bits per heavy atom. The van der Waals surface area contributed by atoms with E-state index in [9.17, 15) is 4.79 Å². The summed E-state index contributed by atoms with van der Waals surface area (Å²) < 4.78 is 0.852. The van der Waals surface area contributed by atoms with Gasteiger partial charge in [-0.15, -0.1) is 0 Å². The van der Waals surface area contributed by atoms with Gasteiger partial charge in [-0.3, -0.25) is 4.79 Å². The van der Waals surface area contributed by atoms with Gasteiger partial charge >= 0.3 is 0 Å². The van der Waals surface area contributed by atoms with Crippen LogP contribution in [0.4, 0.5) is 5.69 Å². The zero-order chi connectivity index (χ0) is 14.5. The van der Waals surface area contributed by atoms with E-state index in [0.29, 0.717) is 10.6 Å². The van der Waals surface area contributed by atoms with Gasteiger partial charge in [-0.25, -0.2) is 0 Å². The lowest BCUT2D eigenvalue weighted by Crippen LogP contribution is -2.01. The number of hydrogen-bond acceptors (Lipinski definition) is 2. The third kappa shape index (κ3) is 3.95. The fraction of sp³-hybridized carbons (Fsp3) is 0.0625.